The van der Waals surface area contributed by atoms with Gasteiger partial charge in [0.2, 0.25) is 0 Å². The van der Waals surface area contributed by atoms with Crippen LogP contribution in [0.3, 0.4) is 0 Å². The Morgan fingerprint density at radius 1 is 0.864 bits per heavy atom. The smallest absolute Gasteiger partial charge is 0.123 e. The highest BCUT2D eigenvalue weighted by Gasteiger charge is 2.23. The molecule has 0 radical (unpaired) electrons. The first-order valence-electron chi connectivity index (χ1n) is 7.63. The normalized spacial score (nSPS) is 15.7. The largest absolute Gasteiger partial charge is 0.507 e. The maximum Gasteiger partial charge on any atom is 0.123 e. The van der Waals surface area contributed by atoms with Crippen molar-refractivity contribution in [3.63, 3.8) is 0 Å². The molecule has 0 amide bonds. The van der Waals surface area contributed by atoms with Crippen molar-refractivity contribution in [2.24, 2.45) is 0 Å². The Labute approximate surface area is 129 Å². The van der Waals surface area contributed by atoms with E-state index < -0.39 is 0 Å². The maximum absolute atomic E-state index is 12.9. The minimum Gasteiger partial charge on any atom is -0.507 e. The minimum atomic E-state index is -0.270. The van der Waals surface area contributed by atoms with Crippen LogP contribution < -0.4 is 0 Å². The number of hydrogen-bond donors (Lipinski definition) is 2. The quantitative estimate of drug-likeness (QED) is 0.777. The van der Waals surface area contributed by atoms with Crippen LogP contribution in [-0.2, 0) is 0 Å². The van der Waals surface area contributed by atoms with Crippen molar-refractivity contribution in [3.05, 3.63) is 58.9 Å². The summed E-state index contributed by atoms with van der Waals surface area (Å²) in [5.41, 5.74) is 2.26. The average Bonchev–Trinajstić information content (AvgIpc) is 3.00. The van der Waals surface area contributed by atoms with Gasteiger partial charge in [-0.15, -0.1) is 0 Å². The molecule has 0 heterocycles. The van der Waals surface area contributed by atoms with Crippen LogP contribution in [0.5, 0.6) is 11.5 Å². The second-order valence-electron chi connectivity index (χ2n) is 5.84. The van der Waals surface area contributed by atoms with Crippen molar-refractivity contribution in [2.75, 3.05) is 0 Å². The van der Waals surface area contributed by atoms with Gasteiger partial charge >= 0.3 is 0 Å². The molecule has 2 aromatic carbocycles. The lowest BCUT2D eigenvalue weighted by atomic mass is 9.94. The molecular formula is C19H19FO2. The molecule has 0 unspecified atom stereocenters. The van der Waals surface area contributed by atoms with Gasteiger partial charge in [-0.25, -0.2) is 4.39 Å². The Kier molecular flexibility index (Phi) is 4.14. The van der Waals surface area contributed by atoms with E-state index in [-0.39, 0.29) is 23.2 Å². The highest BCUT2D eigenvalue weighted by Crippen LogP contribution is 2.43. The lowest BCUT2D eigenvalue weighted by Crippen LogP contribution is -1.94. The second kappa shape index (κ2) is 6.22. The van der Waals surface area contributed by atoms with E-state index in [1.807, 2.05) is 6.08 Å². The molecular weight excluding hydrogens is 279 g/mol. The number of rotatable bonds is 3. The van der Waals surface area contributed by atoms with Gasteiger partial charge in [-0.05, 0) is 54.2 Å². The van der Waals surface area contributed by atoms with Crippen LogP contribution in [0.2, 0.25) is 0 Å². The zero-order valence-electron chi connectivity index (χ0n) is 12.3. The van der Waals surface area contributed by atoms with Crippen LogP contribution >= 0.6 is 0 Å². The zero-order chi connectivity index (χ0) is 15.5. The van der Waals surface area contributed by atoms with Crippen LogP contribution in [-0.4, -0.2) is 10.2 Å². The molecule has 0 atom stereocenters. The van der Waals surface area contributed by atoms with Crippen molar-refractivity contribution >= 4 is 12.2 Å². The Morgan fingerprint density at radius 2 is 1.41 bits per heavy atom. The van der Waals surface area contributed by atoms with Crippen molar-refractivity contribution in [1.29, 1.82) is 0 Å². The van der Waals surface area contributed by atoms with Crippen molar-refractivity contribution < 1.29 is 14.6 Å². The van der Waals surface area contributed by atoms with Crippen LogP contribution in [0.1, 0.15) is 48.3 Å². The number of benzene rings is 2. The molecule has 0 spiro atoms. The van der Waals surface area contributed by atoms with Gasteiger partial charge in [-0.3, -0.25) is 0 Å². The number of aromatic hydroxyl groups is 2. The van der Waals surface area contributed by atoms with Gasteiger partial charge in [0.15, 0.2) is 0 Å². The van der Waals surface area contributed by atoms with E-state index in [9.17, 15) is 14.6 Å². The van der Waals surface area contributed by atoms with E-state index in [0.29, 0.717) is 5.56 Å². The molecule has 0 aliphatic heterocycles. The van der Waals surface area contributed by atoms with Gasteiger partial charge in [-0.2, -0.15) is 0 Å². The fourth-order valence-electron chi connectivity index (χ4n) is 3.14. The molecule has 114 valence electrons. The third-order valence-electron chi connectivity index (χ3n) is 4.26. The third-order valence-corrected chi connectivity index (χ3v) is 4.26. The van der Waals surface area contributed by atoms with Gasteiger partial charge in [0.1, 0.15) is 17.3 Å². The number of hydrogen-bond acceptors (Lipinski definition) is 2. The summed E-state index contributed by atoms with van der Waals surface area (Å²) in [5.74, 6) is 0.305. The topological polar surface area (TPSA) is 40.5 Å². The third kappa shape index (κ3) is 3.14. The molecule has 0 aromatic heterocycles. The molecule has 2 N–H and O–H groups in total. The highest BCUT2D eigenvalue weighted by atomic mass is 19.1. The number of phenolic OH excluding ortho intramolecular Hbond substituents is 2. The summed E-state index contributed by atoms with van der Waals surface area (Å²) in [6, 6.07) is 9.51. The van der Waals surface area contributed by atoms with E-state index in [1.165, 1.54) is 12.1 Å². The van der Waals surface area contributed by atoms with Crippen molar-refractivity contribution in [1.82, 2.24) is 0 Å². The summed E-state index contributed by atoms with van der Waals surface area (Å²) in [7, 11) is 0. The summed E-state index contributed by atoms with van der Waals surface area (Å²) in [5, 5.41) is 20.4. The molecule has 1 fully saturated rings. The summed E-state index contributed by atoms with van der Waals surface area (Å²) in [6.07, 6.45) is 7.96. The van der Waals surface area contributed by atoms with E-state index in [1.54, 1.807) is 30.3 Å². The Bertz CT molecular complexity index is 660. The van der Waals surface area contributed by atoms with Gasteiger partial charge < -0.3 is 10.2 Å². The van der Waals surface area contributed by atoms with Crippen molar-refractivity contribution in [3.8, 4) is 11.5 Å². The first kappa shape index (κ1) is 14.6. The van der Waals surface area contributed by atoms with Crippen molar-refractivity contribution in [2.45, 2.75) is 31.6 Å². The second-order valence-corrected chi connectivity index (χ2v) is 5.84. The molecule has 3 rings (SSSR count). The van der Waals surface area contributed by atoms with Crippen LogP contribution in [0.25, 0.3) is 12.2 Å². The zero-order valence-corrected chi connectivity index (χ0v) is 12.3. The molecule has 1 saturated carbocycles. The molecule has 3 heteroatoms. The van der Waals surface area contributed by atoms with Gasteiger partial charge in [0.05, 0.1) is 0 Å². The van der Waals surface area contributed by atoms with E-state index in [2.05, 4.69) is 0 Å². The van der Waals surface area contributed by atoms with Crippen LogP contribution in [0.4, 0.5) is 4.39 Å². The maximum atomic E-state index is 12.9. The van der Waals surface area contributed by atoms with Crippen LogP contribution in [0, 0.1) is 5.82 Å². The first-order chi connectivity index (χ1) is 10.6. The Morgan fingerprint density at radius 3 is 2.00 bits per heavy atom. The Balaban J connectivity index is 1.84. The summed E-state index contributed by atoms with van der Waals surface area (Å²) >= 11 is 0. The Hall–Kier alpha value is -2.29. The predicted molar refractivity (Wildman–Crippen MR) is 86.3 cm³/mol. The van der Waals surface area contributed by atoms with Gasteiger partial charge in [0.25, 0.3) is 0 Å². The lowest BCUT2D eigenvalue weighted by Gasteiger charge is -2.14. The molecule has 2 nitrogen and oxygen atoms in total. The standard InChI is InChI=1S/C19H19FO2/c20-16-9-7-13(8-10-16)5-6-14-11-17(21)19(18(22)12-14)15-3-1-2-4-15/h5-12,15,21-22H,1-4H2. The molecule has 1 aliphatic rings. The lowest BCUT2D eigenvalue weighted by molar-refractivity contribution is 0.428. The molecule has 0 saturated heterocycles. The SMILES string of the molecule is Oc1cc(C=Cc2ccc(F)cc2)cc(O)c1C1CCCC1. The summed E-state index contributed by atoms with van der Waals surface area (Å²) in [6.45, 7) is 0. The first-order valence-corrected chi connectivity index (χ1v) is 7.63. The fourth-order valence-corrected chi connectivity index (χ4v) is 3.14. The van der Waals surface area contributed by atoms with E-state index >= 15 is 0 Å². The minimum absolute atomic E-state index is 0.158. The molecule has 2 aromatic rings. The molecule has 22 heavy (non-hydrogen) atoms. The fraction of sp³-hybridized carbons (Fsp3) is 0.263. The van der Waals surface area contributed by atoms with Crippen LogP contribution in [0.15, 0.2) is 36.4 Å². The molecule has 0 bridgehead atoms. The van der Waals surface area contributed by atoms with E-state index in [4.69, 9.17) is 0 Å². The number of halogens is 1. The molecule has 1 aliphatic carbocycles. The van der Waals surface area contributed by atoms with E-state index in [0.717, 1.165) is 36.8 Å². The average molecular weight is 298 g/mol. The summed E-state index contributed by atoms with van der Waals surface area (Å²) in [4.78, 5) is 0. The number of phenols is 2. The summed E-state index contributed by atoms with van der Waals surface area (Å²) < 4.78 is 12.9. The predicted octanol–water partition coefficient (Wildman–Crippen LogP) is 5.06. The van der Waals surface area contributed by atoms with Gasteiger partial charge in [-0.1, -0.05) is 37.1 Å². The van der Waals surface area contributed by atoms with Gasteiger partial charge in [0, 0.05) is 5.56 Å². The monoisotopic (exact) mass is 298 g/mol. The highest BCUT2D eigenvalue weighted by molar-refractivity contribution is 5.71.